The van der Waals surface area contributed by atoms with Crippen LogP contribution in [-0.2, 0) is 27.1 Å². The van der Waals surface area contributed by atoms with Crippen molar-refractivity contribution in [1.29, 1.82) is 0 Å². The lowest BCUT2D eigenvalue weighted by atomic mass is 10.1. The lowest BCUT2D eigenvalue weighted by Crippen LogP contribution is -2.32. The predicted molar refractivity (Wildman–Crippen MR) is 80.7 cm³/mol. The van der Waals surface area contributed by atoms with Crippen molar-refractivity contribution in [2.45, 2.75) is 37.6 Å². The molecule has 1 saturated carbocycles. The quantitative estimate of drug-likeness (QED) is 0.640. The maximum Gasteiger partial charge on any atom is 0.221 e. The summed E-state index contributed by atoms with van der Waals surface area (Å²) in [6, 6.07) is 7.47. The Morgan fingerprint density at radius 3 is 2.52 bits per heavy atom. The molecule has 0 radical (unpaired) electrons. The molecule has 0 aliphatic heterocycles. The Morgan fingerprint density at radius 1 is 1.24 bits per heavy atom. The number of hydrogen-bond donors (Lipinski definition) is 3. The van der Waals surface area contributed by atoms with Gasteiger partial charge in [0.2, 0.25) is 15.9 Å². The van der Waals surface area contributed by atoms with E-state index in [9.17, 15) is 13.2 Å². The van der Waals surface area contributed by atoms with Crippen molar-refractivity contribution in [2.75, 3.05) is 6.54 Å². The van der Waals surface area contributed by atoms with E-state index in [0.29, 0.717) is 18.2 Å². The third kappa shape index (κ3) is 5.45. The van der Waals surface area contributed by atoms with E-state index in [1.165, 1.54) is 0 Å². The van der Waals surface area contributed by atoms with Crippen LogP contribution in [0.2, 0.25) is 0 Å². The van der Waals surface area contributed by atoms with E-state index < -0.39 is 10.0 Å². The lowest BCUT2D eigenvalue weighted by Gasteiger charge is -2.10. The van der Waals surface area contributed by atoms with Gasteiger partial charge in [-0.15, -0.1) is 0 Å². The maximum absolute atomic E-state index is 12.0. The zero-order chi connectivity index (χ0) is 15.3. The molecule has 1 aliphatic carbocycles. The van der Waals surface area contributed by atoms with Crippen LogP contribution < -0.4 is 15.8 Å². The Labute approximate surface area is 125 Å². The largest absolute Gasteiger partial charge is 0.353 e. The fourth-order valence-electron chi connectivity index (χ4n) is 2.00. The molecule has 116 valence electrons. The Balaban J connectivity index is 1.82. The van der Waals surface area contributed by atoms with Gasteiger partial charge in [0.05, 0.1) is 5.75 Å². The van der Waals surface area contributed by atoms with Crippen molar-refractivity contribution in [3.63, 3.8) is 0 Å². The number of carbonyl (C=O) groups excluding carboxylic acids is 1. The van der Waals surface area contributed by atoms with Gasteiger partial charge in [-0.3, -0.25) is 4.79 Å². The summed E-state index contributed by atoms with van der Waals surface area (Å²) in [5.74, 6) is -0.229. The van der Waals surface area contributed by atoms with E-state index >= 15 is 0 Å². The van der Waals surface area contributed by atoms with Gasteiger partial charge in [-0.2, -0.15) is 0 Å². The van der Waals surface area contributed by atoms with Crippen molar-refractivity contribution >= 4 is 15.9 Å². The third-order valence-corrected chi connectivity index (χ3v) is 4.64. The molecule has 1 fully saturated rings. The van der Waals surface area contributed by atoms with Crippen LogP contribution in [0.15, 0.2) is 24.3 Å². The van der Waals surface area contributed by atoms with Crippen molar-refractivity contribution in [2.24, 2.45) is 5.73 Å². The number of benzene rings is 1. The average Bonchev–Trinajstić information content (AvgIpc) is 3.22. The summed E-state index contributed by atoms with van der Waals surface area (Å²) in [6.45, 7) is 0.418. The highest BCUT2D eigenvalue weighted by atomic mass is 32.2. The SMILES string of the molecule is NCc1ccccc1CS(=O)(=O)NCCC(=O)NC1CC1. The third-order valence-electron chi connectivity index (χ3n) is 3.30. The van der Waals surface area contributed by atoms with Crippen LogP contribution in [0.5, 0.6) is 0 Å². The molecule has 0 atom stereocenters. The summed E-state index contributed by atoms with van der Waals surface area (Å²) in [5.41, 5.74) is 7.10. The van der Waals surface area contributed by atoms with Gasteiger partial charge in [-0.25, -0.2) is 13.1 Å². The Morgan fingerprint density at radius 2 is 1.90 bits per heavy atom. The van der Waals surface area contributed by atoms with Gasteiger partial charge >= 0.3 is 0 Å². The average molecular weight is 311 g/mol. The number of nitrogens with one attached hydrogen (secondary N) is 2. The highest BCUT2D eigenvalue weighted by molar-refractivity contribution is 7.88. The second kappa shape index (κ2) is 7.02. The molecule has 0 aromatic heterocycles. The Kier molecular flexibility index (Phi) is 5.33. The van der Waals surface area contributed by atoms with E-state index in [1.54, 1.807) is 12.1 Å². The molecule has 2 rings (SSSR count). The van der Waals surface area contributed by atoms with Gasteiger partial charge in [0.25, 0.3) is 0 Å². The number of hydrogen-bond acceptors (Lipinski definition) is 4. The monoisotopic (exact) mass is 311 g/mol. The fourth-order valence-corrected chi connectivity index (χ4v) is 3.21. The van der Waals surface area contributed by atoms with Gasteiger partial charge < -0.3 is 11.1 Å². The summed E-state index contributed by atoms with van der Waals surface area (Å²) in [7, 11) is -3.46. The highest BCUT2D eigenvalue weighted by Gasteiger charge is 2.23. The molecular formula is C14H21N3O3S. The summed E-state index contributed by atoms with van der Waals surface area (Å²) in [4.78, 5) is 11.5. The molecule has 1 aliphatic rings. The molecule has 21 heavy (non-hydrogen) atoms. The molecule has 0 spiro atoms. The molecule has 0 unspecified atom stereocenters. The van der Waals surface area contributed by atoms with Gasteiger partial charge in [0.15, 0.2) is 0 Å². The van der Waals surface area contributed by atoms with Crippen LogP contribution >= 0.6 is 0 Å². The van der Waals surface area contributed by atoms with Crippen LogP contribution in [0.1, 0.15) is 30.4 Å². The maximum atomic E-state index is 12.0. The van der Waals surface area contributed by atoms with Gasteiger partial charge in [-0.1, -0.05) is 24.3 Å². The second-order valence-electron chi connectivity index (χ2n) is 5.22. The van der Waals surface area contributed by atoms with Crippen molar-refractivity contribution in [1.82, 2.24) is 10.0 Å². The van der Waals surface area contributed by atoms with E-state index in [0.717, 1.165) is 18.4 Å². The smallest absolute Gasteiger partial charge is 0.221 e. The normalized spacial score (nSPS) is 14.9. The summed E-state index contributed by atoms with van der Waals surface area (Å²) >= 11 is 0. The van der Waals surface area contributed by atoms with Crippen molar-refractivity contribution in [3.8, 4) is 0 Å². The standard InChI is InChI=1S/C14H21N3O3S/c15-9-11-3-1-2-4-12(11)10-21(19,20)16-8-7-14(18)17-13-5-6-13/h1-4,13,16H,5-10,15H2,(H,17,18). The van der Waals surface area contributed by atoms with Crippen LogP contribution in [0.3, 0.4) is 0 Å². The molecule has 6 nitrogen and oxygen atoms in total. The first-order valence-electron chi connectivity index (χ1n) is 7.04. The number of rotatable bonds is 8. The van der Waals surface area contributed by atoms with E-state index in [4.69, 9.17) is 5.73 Å². The van der Waals surface area contributed by atoms with Gasteiger partial charge in [-0.05, 0) is 24.0 Å². The minimum atomic E-state index is -3.46. The topological polar surface area (TPSA) is 101 Å². The minimum absolute atomic E-state index is 0.109. The first kappa shape index (κ1) is 15.9. The van der Waals surface area contributed by atoms with Crippen LogP contribution in [0.4, 0.5) is 0 Å². The van der Waals surface area contributed by atoms with Gasteiger partial charge in [0.1, 0.15) is 0 Å². The van der Waals surface area contributed by atoms with E-state index in [-0.39, 0.29) is 24.6 Å². The minimum Gasteiger partial charge on any atom is -0.353 e. The molecule has 0 saturated heterocycles. The van der Waals surface area contributed by atoms with Crippen LogP contribution in [0.25, 0.3) is 0 Å². The predicted octanol–water partition coefficient (Wildman–Crippen LogP) is 0.233. The molecule has 4 N–H and O–H groups in total. The molecule has 1 aromatic carbocycles. The summed E-state index contributed by atoms with van der Waals surface area (Å²) in [6.07, 6.45) is 2.20. The summed E-state index contributed by atoms with van der Waals surface area (Å²) in [5, 5.41) is 2.82. The molecule has 0 bridgehead atoms. The van der Waals surface area contributed by atoms with E-state index in [2.05, 4.69) is 10.0 Å². The Hall–Kier alpha value is -1.44. The zero-order valence-corrected chi connectivity index (χ0v) is 12.7. The van der Waals surface area contributed by atoms with Crippen LogP contribution in [-0.4, -0.2) is 26.9 Å². The molecule has 1 aromatic rings. The van der Waals surface area contributed by atoms with Crippen LogP contribution in [0, 0.1) is 0 Å². The molecule has 1 amide bonds. The van der Waals surface area contributed by atoms with Gasteiger partial charge in [0, 0.05) is 25.6 Å². The summed E-state index contributed by atoms with van der Waals surface area (Å²) < 4.78 is 26.5. The number of carbonyl (C=O) groups is 1. The lowest BCUT2D eigenvalue weighted by molar-refractivity contribution is -0.121. The first-order chi connectivity index (χ1) is 10.00. The van der Waals surface area contributed by atoms with Crippen molar-refractivity contribution in [3.05, 3.63) is 35.4 Å². The second-order valence-corrected chi connectivity index (χ2v) is 7.02. The van der Waals surface area contributed by atoms with Crippen molar-refractivity contribution < 1.29 is 13.2 Å². The molecular weight excluding hydrogens is 290 g/mol. The number of nitrogens with two attached hydrogens (primary N) is 1. The molecule has 7 heteroatoms. The number of sulfonamides is 1. The number of amides is 1. The fraction of sp³-hybridized carbons (Fsp3) is 0.500. The highest BCUT2D eigenvalue weighted by Crippen LogP contribution is 2.18. The van der Waals surface area contributed by atoms with E-state index in [1.807, 2.05) is 12.1 Å². The molecule has 0 heterocycles. The zero-order valence-electron chi connectivity index (χ0n) is 11.8. The Bertz CT molecular complexity index is 597. The first-order valence-corrected chi connectivity index (χ1v) is 8.69.